The maximum absolute atomic E-state index is 6.58. The number of hydrogen-bond donors (Lipinski definition) is 0. The Balaban J connectivity index is 0.00000331. The van der Waals surface area contributed by atoms with Crippen LogP contribution in [0.4, 0.5) is 0 Å². The summed E-state index contributed by atoms with van der Waals surface area (Å²) in [5.41, 5.74) is 21.8. The van der Waals surface area contributed by atoms with Crippen molar-refractivity contribution in [3.8, 4) is 16.9 Å². The van der Waals surface area contributed by atoms with Gasteiger partial charge in [-0.05, 0) is 0 Å². The molecule has 5 heteroatoms. The molecule has 0 spiro atoms. The molecule has 0 amide bonds. The van der Waals surface area contributed by atoms with Gasteiger partial charge in [-0.15, -0.1) is 0 Å². The Hall–Kier alpha value is -2.16. The van der Waals surface area contributed by atoms with E-state index < -0.39 is 25.8 Å². The molecule has 0 heterocycles. The Morgan fingerprint density at radius 2 is 1.25 bits per heavy atom. The number of methoxy groups -OCH3 is 1. The summed E-state index contributed by atoms with van der Waals surface area (Å²) in [6.45, 7) is 38.5. The average molecular weight is 925 g/mol. The molecule has 3 aromatic rings. The largest absolute Gasteiger partial charge is 1.00 e. The Bertz CT molecular complexity index is 2330. The van der Waals surface area contributed by atoms with Gasteiger partial charge in [0, 0.05) is 0 Å². The molecule has 0 saturated heterocycles. The molecule has 4 aliphatic carbocycles. The van der Waals surface area contributed by atoms with Gasteiger partial charge in [-0.25, -0.2) is 0 Å². The van der Waals surface area contributed by atoms with E-state index in [9.17, 15) is 0 Å². The normalized spacial score (nSPS) is 18.8. The molecule has 0 saturated carbocycles. The van der Waals surface area contributed by atoms with Crippen molar-refractivity contribution in [2.45, 2.75) is 160 Å². The molecule has 0 aromatic heterocycles. The van der Waals surface area contributed by atoms with Crippen molar-refractivity contribution in [2.75, 3.05) is 7.11 Å². The van der Waals surface area contributed by atoms with Gasteiger partial charge in [-0.2, -0.15) is 0 Å². The number of rotatable bonds is 5. The van der Waals surface area contributed by atoms with E-state index in [1.165, 1.54) is 63.8 Å². The van der Waals surface area contributed by atoms with Crippen molar-refractivity contribution in [1.29, 1.82) is 0 Å². The molecule has 0 N–H and O–H groups in total. The van der Waals surface area contributed by atoms with E-state index >= 15 is 0 Å². The molecule has 2 atom stereocenters. The van der Waals surface area contributed by atoms with Gasteiger partial charge in [0.05, 0.1) is 0 Å². The first kappa shape index (κ1) is 47.9. The van der Waals surface area contributed by atoms with E-state index in [1.807, 2.05) is 10.4 Å². The smallest absolute Gasteiger partial charge is 1.00 e. The standard InChI is InChI=1S/C29H39O.C23H25.C2H6Si.2ClH.Zr/c1-18-12-19-16-24(29(8,9)10)26(30-11)25(23(19)13-18)20-14-21(27(2,3)4)17-22(15-20)28(5,6)7;1-15-12-18-14-17-6-5-7-20(17)22(21(18)13-15)16-8-10-19(11-9-16)23(2,3)4;1-3-2;;;/h12-17H,1-11H3;8-11,13-14,22H,5-7H2,1-4H3;1-2H3;2*1H;/q;;;;;+2/p-2. The number of hydrogen-bond acceptors (Lipinski definition) is 1. The summed E-state index contributed by atoms with van der Waals surface area (Å²) in [5.74, 6) is 1.43. The Morgan fingerprint density at radius 1 is 0.678 bits per heavy atom. The number of ether oxygens (including phenoxy) is 1. The van der Waals surface area contributed by atoms with Crippen LogP contribution in [0.2, 0.25) is 13.1 Å². The van der Waals surface area contributed by atoms with Crippen LogP contribution in [0.5, 0.6) is 5.75 Å². The minimum Gasteiger partial charge on any atom is -1.00 e. The molecule has 7 rings (SSSR count). The molecular weight excluding hydrogens is 855 g/mol. The summed E-state index contributed by atoms with van der Waals surface area (Å²) in [5, 5.41) is 0. The first-order valence-electron chi connectivity index (χ1n) is 21.7. The van der Waals surface area contributed by atoms with Crippen molar-refractivity contribution >= 4 is 11.5 Å². The minimum absolute atomic E-state index is 0. The van der Waals surface area contributed by atoms with Gasteiger partial charge in [-0.1, -0.05) is 0 Å². The molecule has 0 fully saturated rings. The maximum atomic E-state index is 6.58. The van der Waals surface area contributed by atoms with Crippen LogP contribution in [0.3, 0.4) is 0 Å². The third kappa shape index (κ3) is 8.77. The van der Waals surface area contributed by atoms with Crippen LogP contribution >= 0.6 is 0 Å². The summed E-state index contributed by atoms with van der Waals surface area (Å²) in [7, 11) is 1.90. The molecule has 3 aromatic carbocycles. The Labute approximate surface area is 379 Å². The second-order valence-corrected chi connectivity index (χ2v) is 39.3. The van der Waals surface area contributed by atoms with E-state index in [1.54, 1.807) is 39.0 Å². The van der Waals surface area contributed by atoms with E-state index in [2.05, 4.69) is 177 Å². The van der Waals surface area contributed by atoms with Gasteiger partial charge in [-0.3, -0.25) is 0 Å². The maximum Gasteiger partial charge on any atom is -1.00 e. The van der Waals surface area contributed by atoms with E-state index in [-0.39, 0.29) is 46.5 Å². The molecular formula is C54H70Cl2OSiZr. The summed E-state index contributed by atoms with van der Waals surface area (Å²) in [4.78, 5) is 0. The summed E-state index contributed by atoms with van der Waals surface area (Å²) in [6.07, 6.45) is 11.7. The molecule has 2 unspecified atom stereocenters. The predicted octanol–water partition coefficient (Wildman–Crippen LogP) is 9.31. The predicted molar refractivity (Wildman–Crippen MR) is 246 cm³/mol. The van der Waals surface area contributed by atoms with Crippen LogP contribution in [0.15, 0.2) is 97.4 Å². The second kappa shape index (κ2) is 16.8. The SMILES string of the molecule is COc1c(C(C)(C)C)cc2c(c1-c1cc(C(C)(C)C)cc(C(C)(C)C)c1)C=C(C)[CH]2[Zr+2]([C]1=C(C)C=C2C1=CC1=C(CCC1)C2c1ccc(C(C)(C)C)cc1)=[Si](C)C.[Cl-].[Cl-]. The van der Waals surface area contributed by atoms with Gasteiger partial charge in [0.2, 0.25) is 0 Å². The van der Waals surface area contributed by atoms with Crippen molar-refractivity contribution in [1.82, 2.24) is 0 Å². The van der Waals surface area contributed by atoms with Crippen LogP contribution in [-0.2, 0) is 42.0 Å². The zero-order chi connectivity index (χ0) is 41.7. The molecule has 4 aliphatic rings. The zero-order valence-corrected chi connectivity index (χ0v) is 44.3. The van der Waals surface area contributed by atoms with E-state index in [0.717, 1.165) is 5.75 Å². The van der Waals surface area contributed by atoms with Crippen LogP contribution in [0, 0.1) is 0 Å². The fourth-order valence-electron chi connectivity index (χ4n) is 10.1. The molecule has 0 radical (unpaired) electrons. The zero-order valence-electron chi connectivity index (χ0n) is 39.3. The van der Waals surface area contributed by atoms with E-state index in [4.69, 9.17) is 4.74 Å². The minimum atomic E-state index is -2.46. The molecule has 0 bridgehead atoms. The van der Waals surface area contributed by atoms with Gasteiger partial charge in [0.25, 0.3) is 0 Å². The number of benzene rings is 3. The number of fused-ring (bicyclic) bond motifs is 2. The summed E-state index contributed by atoms with van der Waals surface area (Å²) < 4.78 is 8.90. The Morgan fingerprint density at radius 3 is 1.76 bits per heavy atom. The van der Waals surface area contributed by atoms with Crippen molar-refractivity contribution in [3.05, 3.63) is 136 Å². The fourth-order valence-corrected chi connectivity index (χ4v) is 29.2. The van der Waals surface area contributed by atoms with Crippen LogP contribution in [0.1, 0.15) is 165 Å². The van der Waals surface area contributed by atoms with Crippen LogP contribution in [-0.4, -0.2) is 12.5 Å². The fraction of sp³-hybridized carbons (Fsp3) is 0.481. The van der Waals surface area contributed by atoms with Gasteiger partial charge in [0.15, 0.2) is 0 Å². The van der Waals surface area contributed by atoms with Crippen molar-refractivity contribution < 1.29 is 49.9 Å². The number of allylic oxidation sites excluding steroid dienone is 9. The topological polar surface area (TPSA) is 9.23 Å². The molecule has 314 valence electrons. The van der Waals surface area contributed by atoms with Crippen LogP contribution < -0.4 is 29.6 Å². The third-order valence-corrected chi connectivity index (χ3v) is 31.8. The molecule has 59 heavy (non-hydrogen) atoms. The monoisotopic (exact) mass is 922 g/mol. The first-order valence-corrected chi connectivity index (χ1v) is 30.5. The molecule has 1 nitrogen and oxygen atoms in total. The number of halogens is 2. The van der Waals surface area contributed by atoms with Gasteiger partial charge in [0.1, 0.15) is 0 Å². The van der Waals surface area contributed by atoms with Crippen molar-refractivity contribution in [3.63, 3.8) is 0 Å². The summed E-state index contributed by atoms with van der Waals surface area (Å²) >= 11 is -2.46. The third-order valence-electron chi connectivity index (χ3n) is 13.3. The molecule has 0 aliphatic heterocycles. The Kier molecular flexibility index (Phi) is 13.7. The van der Waals surface area contributed by atoms with Crippen LogP contribution in [0.25, 0.3) is 17.2 Å². The van der Waals surface area contributed by atoms with Gasteiger partial charge >= 0.3 is 357 Å². The summed E-state index contributed by atoms with van der Waals surface area (Å²) in [6, 6.07) is 19.8. The van der Waals surface area contributed by atoms with Gasteiger partial charge < -0.3 is 24.8 Å². The second-order valence-electron chi connectivity index (χ2n) is 22.0. The van der Waals surface area contributed by atoms with Crippen molar-refractivity contribution in [2.24, 2.45) is 0 Å². The average Bonchev–Trinajstić information content (AvgIpc) is 3.79. The quantitative estimate of drug-likeness (QED) is 0.232. The first-order chi connectivity index (χ1) is 26.4. The van der Waals surface area contributed by atoms with E-state index in [0.29, 0.717) is 9.54 Å².